The number of benzene rings is 1. The molecule has 0 saturated carbocycles. The summed E-state index contributed by atoms with van der Waals surface area (Å²) in [6, 6.07) is 7.43. The second-order valence-corrected chi connectivity index (χ2v) is 6.75. The van der Waals surface area contributed by atoms with Crippen LogP contribution in [0.2, 0.25) is 0 Å². The molecule has 8 heteroatoms. The number of halogens is 1. The number of urea groups is 1. The largest absolute Gasteiger partial charge is 0.356 e. The van der Waals surface area contributed by atoms with Crippen molar-refractivity contribution < 1.29 is 13.7 Å². The Bertz CT molecular complexity index is 934. The van der Waals surface area contributed by atoms with E-state index >= 15 is 0 Å². The third-order valence-electron chi connectivity index (χ3n) is 4.77. The van der Waals surface area contributed by atoms with Crippen LogP contribution >= 0.6 is 0 Å². The normalized spacial score (nSPS) is 17.1. The Morgan fingerprint density at radius 2 is 2.19 bits per heavy atom. The monoisotopic (exact) mass is 369 g/mol. The van der Waals surface area contributed by atoms with Gasteiger partial charge in [0.25, 0.3) is 0 Å². The predicted molar refractivity (Wildman–Crippen MR) is 97.8 cm³/mol. The van der Waals surface area contributed by atoms with Gasteiger partial charge in [0, 0.05) is 30.8 Å². The number of H-pyrrole nitrogens is 1. The molecule has 1 atom stereocenters. The molecule has 1 saturated heterocycles. The van der Waals surface area contributed by atoms with Crippen molar-refractivity contribution in [2.45, 2.75) is 25.7 Å². The summed E-state index contributed by atoms with van der Waals surface area (Å²) in [6.45, 7) is 3.11. The maximum Gasteiger partial charge on any atom is 0.321 e. The smallest absolute Gasteiger partial charge is 0.321 e. The second kappa shape index (κ2) is 7.22. The van der Waals surface area contributed by atoms with E-state index < -0.39 is 0 Å². The van der Waals surface area contributed by atoms with E-state index in [0.717, 1.165) is 29.8 Å². The van der Waals surface area contributed by atoms with E-state index in [9.17, 15) is 9.18 Å². The van der Waals surface area contributed by atoms with Gasteiger partial charge in [-0.3, -0.25) is 5.10 Å². The first-order chi connectivity index (χ1) is 13.1. The molecule has 1 aliphatic heterocycles. The number of nitrogens with one attached hydrogen (secondary N) is 2. The highest BCUT2D eigenvalue weighted by Crippen LogP contribution is 2.33. The average Bonchev–Trinajstić information content (AvgIpc) is 3.32. The fourth-order valence-corrected chi connectivity index (χ4v) is 3.43. The lowest BCUT2D eigenvalue weighted by molar-refractivity contribution is 0.192. The molecule has 3 aromatic rings. The lowest BCUT2D eigenvalue weighted by atomic mass is 9.92. The predicted octanol–water partition coefficient (Wildman–Crippen LogP) is 3.92. The summed E-state index contributed by atoms with van der Waals surface area (Å²) in [5.41, 5.74) is 3.20. The minimum Gasteiger partial charge on any atom is -0.356 e. The van der Waals surface area contributed by atoms with Crippen molar-refractivity contribution in [2.75, 3.05) is 18.4 Å². The number of carbonyl (C=O) groups excluding carboxylic acids is 1. The lowest BCUT2D eigenvalue weighted by Gasteiger charge is -2.32. The Labute approximate surface area is 155 Å². The quantitative estimate of drug-likeness (QED) is 0.732. The van der Waals surface area contributed by atoms with Crippen molar-refractivity contribution in [3.63, 3.8) is 0 Å². The van der Waals surface area contributed by atoms with Crippen LogP contribution < -0.4 is 5.32 Å². The minimum atomic E-state index is -0.333. The third-order valence-corrected chi connectivity index (χ3v) is 4.77. The van der Waals surface area contributed by atoms with Gasteiger partial charge < -0.3 is 14.7 Å². The third kappa shape index (κ3) is 3.69. The fourth-order valence-electron chi connectivity index (χ4n) is 3.43. The molecule has 2 N–H and O–H groups in total. The molecular weight excluding hydrogens is 349 g/mol. The highest BCUT2D eigenvalue weighted by Gasteiger charge is 2.28. The van der Waals surface area contributed by atoms with Crippen LogP contribution in [0.1, 0.15) is 30.1 Å². The number of amides is 2. The molecule has 2 aromatic heterocycles. The van der Waals surface area contributed by atoms with E-state index in [1.54, 1.807) is 23.2 Å². The molecule has 2 amide bonds. The Balaban J connectivity index is 1.48. The zero-order valence-corrected chi connectivity index (χ0v) is 14.9. The molecule has 0 spiro atoms. The van der Waals surface area contributed by atoms with Crippen LogP contribution in [0, 0.1) is 12.7 Å². The molecule has 0 radical (unpaired) electrons. The summed E-state index contributed by atoms with van der Waals surface area (Å²) in [6.07, 6.45) is 3.56. The van der Waals surface area contributed by atoms with Gasteiger partial charge in [-0.15, -0.1) is 0 Å². The van der Waals surface area contributed by atoms with Crippen molar-refractivity contribution >= 4 is 11.7 Å². The van der Waals surface area contributed by atoms with Gasteiger partial charge in [-0.2, -0.15) is 5.10 Å². The van der Waals surface area contributed by atoms with Crippen LogP contribution in [0.5, 0.6) is 0 Å². The van der Waals surface area contributed by atoms with Gasteiger partial charge in [0.1, 0.15) is 5.82 Å². The number of hydrogen-bond donors (Lipinski definition) is 2. The summed E-state index contributed by atoms with van der Waals surface area (Å²) >= 11 is 0. The number of rotatable bonds is 3. The van der Waals surface area contributed by atoms with Gasteiger partial charge in [0.2, 0.25) is 0 Å². The topological polar surface area (TPSA) is 87.0 Å². The molecule has 1 aromatic carbocycles. The second-order valence-electron chi connectivity index (χ2n) is 6.75. The van der Waals surface area contributed by atoms with Crippen molar-refractivity contribution in [2.24, 2.45) is 0 Å². The van der Waals surface area contributed by atoms with Crippen LogP contribution in [0.3, 0.4) is 0 Å². The van der Waals surface area contributed by atoms with E-state index in [-0.39, 0.29) is 17.8 Å². The van der Waals surface area contributed by atoms with Crippen molar-refractivity contribution in [3.05, 3.63) is 53.7 Å². The van der Waals surface area contributed by atoms with Gasteiger partial charge in [-0.1, -0.05) is 5.16 Å². The summed E-state index contributed by atoms with van der Waals surface area (Å²) < 4.78 is 18.4. The molecule has 0 bridgehead atoms. The highest BCUT2D eigenvalue weighted by atomic mass is 19.1. The standard InChI is InChI=1S/C19H20FN5O2/c1-12-9-17(27-24-12)16-10-21-23-18(16)13-3-2-8-25(11-13)19(26)22-15-6-4-14(20)5-7-15/h4-7,9-10,13H,2-3,8,11H2,1H3,(H,21,23)(H,22,26)/t13-/m1/s1. The van der Waals surface area contributed by atoms with Gasteiger partial charge in [0.15, 0.2) is 5.76 Å². The first kappa shape index (κ1) is 17.3. The fraction of sp³-hybridized carbons (Fsp3) is 0.316. The Kier molecular flexibility index (Phi) is 4.62. The van der Waals surface area contributed by atoms with Crippen LogP contribution in [0.25, 0.3) is 11.3 Å². The zero-order chi connectivity index (χ0) is 18.8. The Morgan fingerprint density at radius 3 is 2.93 bits per heavy atom. The number of nitrogens with zero attached hydrogens (tertiary/aromatic N) is 3. The average molecular weight is 369 g/mol. The maximum atomic E-state index is 13.0. The van der Waals surface area contributed by atoms with Gasteiger partial charge in [0.05, 0.1) is 23.1 Å². The Hall–Kier alpha value is -3.16. The number of anilines is 1. The van der Waals surface area contributed by atoms with Crippen LogP contribution in [0.4, 0.5) is 14.9 Å². The van der Waals surface area contributed by atoms with Crippen molar-refractivity contribution in [3.8, 4) is 11.3 Å². The first-order valence-corrected chi connectivity index (χ1v) is 8.88. The summed E-state index contributed by atoms with van der Waals surface area (Å²) in [4.78, 5) is 14.4. The number of carbonyl (C=O) groups is 1. The van der Waals surface area contributed by atoms with Gasteiger partial charge in [-0.05, 0) is 44.0 Å². The molecule has 7 nitrogen and oxygen atoms in total. The number of aromatic nitrogens is 3. The zero-order valence-electron chi connectivity index (χ0n) is 14.9. The Morgan fingerprint density at radius 1 is 1.37 bits per heavy atom. The molecular formula is C19H20FN5O2. The van der Waals surface area contributed by atoms with Crippen LogP contribution in [-0.4, -0.2) is 39.4 Å². The first-order valence-electron chi connectivity index (χ1n) is 8.88. The molecule has 1 aliphatic rings. The number of likely N-dealkylation sites (tertiary alicyclic amines) is 1. The minimum absolute atomic E-state index is 0.126. The summed E-state index contributed by atoms with van der Waals surface area (Å²) in [7, 11) is 0. The lowest BCUT2D eigenvalue weighted by Crippen LogP contribution is -2.41. The SMILES string of the molecule is Cc1cc(-c2cn[nH]c2[C@@H]2CCCN(C(=O)Nc3ccc(F)cc3)C2)on1. The van der Waals surface area contributed by atoms with E-state index in [1.165, 1.54) is 12.1 Å². The van der Waals surface area contributed by atoms with Crippen LogP contribution in [-0.2, 0) is 0 Å². The van der Waals surface area contributed by atoms with Crippen LogP contribution in [0.15, 0.2) is 41.1 Å². The highest BCUT2D eigenvalue weighted by molar-refractivity contribution is 5.89. The number of piperidine rings is 1. The molecule has 27 heavy (non-hydrogen) atoms. The molecule has 0 unspecified atom stereocenters. The van der Waals surface area contributed by atoms with E-state index in [1.807, 2.05) is 13.0 Å². The van der Waals surface area contributed by atoms with Crippen molar-refractivity contribution in [1.29, 1.82) is 0 Å². The van der Waals surface area contributed by atoms with E-state index in [4.69, 9.17) is 4.52 Å². The maximum absolute atomic E-state index is 13.0. The van der Waals surface area contributed by atoms with E-state index in [0.29, 0.717) is 24.5 Å². The number of hydrogen-bond acceptors (Lipinski definition) is 4. The number of aromatic amines is 1. The molecule has 3 heterocycles. The van der Waals surface area contributed by atoms with Gasteiger partial charge >= 0.3 is 6.03 Å². The summed E-state index contributed by atoms with van der Waals surface area (Å²) in [5, 5.41) is 14.0. The molecule has 0 aliphatic carbocycles. The summed E-state index contributed by atoms with van der Waals surface area (Å²) in [5.74, 6) is 0.463. The molecule has 1 fully saturated rings. The van der Waals surface area contributed by atoms with Crippen molar-refractivity contribution in [1.82, 2.24) is 20.3 Å². The molecule has 4 rings (SSSR count). The number of aryl methyl sites for hydroxylation is 1. The van der Waals surface area contributed by atoms with Gasteiger partial charge in [-0.25, -0.2) is 9.18 Å². The molecule has 140 valence electrons. The van der Waals surface area contributed by atoms with E-state index in [2.05, 4.69) is 20.7 Å².